The lowest BCUT2D eigenvalue weighted by Crippen LogP contribution is -2.40. The first-order valence-corrected chi connectivity index (χ1v) is 8.15. The molecule has 6 N–H and O–H groups in total. The van der Waals surface area contributed by atoms with Crippen LogP contribution < -0.4 is 20.7 Å². The number of rotatable bonds is 6. The summed E-state index contributed by atoms with van der Waals surface area (Å²) in [6.07, 6.45) is 0.267. The van der Waals surface area contributed by atoms with E-state index in [1.54, 1.807) is 5.48 Å². The van der Waals surface area contributed by atoms with Crippen LogP contribution in [0.1, 0.15) is 6.42 Å². The van der Waals surface area contributed by atoms with Crippen molar-refractivity contribution in [1.82, 2.24) is 15.5 Å². The van der Waals surface area contributed by atoms with Crippen LogP contribution in [0.3, 0.4) is 0 Å². The average molecular weight is 368 g/mol. The van der Waals surface area contributed by atoms with Gasteiger partial charge in [0.2, 0.25) is 5.84 Å². The molecule has 0 saturated carbocycles. The predicted octanol–water partition coefficient (Wildman–Crippen LogP) is -0.213. The molecule has 0 spiro atoms. The summed E-state index contributed by atoms with van der Waals surface area (Å²) in [5.41, 5.74) is 1.77. The molecule has 0 aromatic heterocycles. The highest BCUT2D eigenvalue weighted by atomic mass is 35.5. The maximum atomic E-state index is 13.0. The van der Waals surface area contributed by atoms with E-state index in [0.717, 1.165) is 6.07 Å². The van der Waals surface area contributed by atoms with Crippen LogP contribution in [-0.2, 0) is 15.0 Å². The molecule has 0 bridgehead atoms. The van der Waals surface area contributed by atoms with Crippen molar-refractivity contribution in [3.05, 3.63) is 29.0 Å². The molecule has 9 nitrogen and oxygen atoms in total. The molecule has 0 aliphatic heterocycles. The zero-order valence-corrected chi connectivity index (χ0v) is 13.3. The minimum Gasteiger partial charge on any atom is -0.349 e. The van der Waals surface area contributed by atoms with Crippen LogP contribution in [0.15, 0.2) is 23.2 Å². The summed E-state index contributed by atoms with van der Waals surface area (Å²) in [5, 5.41) is 15.9. The Labute approximate surface area is 136 Å². The van der Waals surface area contributed by atoms with Gasteiger partial charge in [0, 0.05) is 13.1 Å². The molecule has 1 amide bonds. The standard InChI is InChI=1S/C11H15ClFN5O4S/c12-8-6-7(2-3-9(8)13)17-10(18-20)11(19)15-4-1-5-16-23(14,21)22/h2-3,6,16,20H,1,4-5H2,(H,15,19)(H,17,18)(H2,14,21,22). The van der Waals surface area contributed by atoms with Crippen molar-refractivity contribution in [1.29, 1.82) is 0 Å². The summed E-state index contributed by atoms with van der Waals surface area (Å²) in [6, 6.07) is 3.51. The molecule has 0 aliphatic carbocycles. The number of nitrogens with two attached hydrogens (primary N) is 1. The highest BCUT2D eigenvalue weighted by Crippen LogP contribution is 2.21. The van der Waals surface area contributed by atoms with Crippen LogP contribution in [0.25, 0.3) is 0 Å². The summed E-state index contributed by atoms with van der Waals surface area (Å²) in [4.78, 5) is 15.5. The maximum absolute atomic E-state index is 13.0. The monoisotopic (exact) mass is 367 g/mol. The first-order valence-electron chi connectivity index (χ1n) is 6.22. The fraction of sp³-hybridized carbons (Fsp3) is 0.273. The number of nitrogens with zero attached hydrogens (tertiary/aromatic N) is 1. The third kappa shape index (κ3) is 7.34. The lowest BCUT2D eigenvalue weighted by atomic mass is 10.3. The fourth-order valence-corrected chi connectivity index (χ4v) is 2.00. The summed E-state index contributed by atoms with van der Waals surface area (Å²) in [7, 11) is -3.78. The summed E-state index contributed by atoms with van der Waals surface area (Å²) in [6.45, 7) is 0.137. The van der Waals surface area contributed by atoms with E-state index in [9.17, 15) is 17.6 Å². The normalized spacial score (nSPS) is 12.1. The van der Waals surface area contributed by atoms with E-state index < -0.39 is 27.8 Å². The van der Waals surface area contributed by atoms with Crippen molar-refractivity contribution in [3.8, 4) is 0 Å². The molecule has 0 unspecified atom stereocenters. The molecule has 128 valence electrons. The number of amides is 1. The van der Waals surface area contributed by atoms with Crippen LogP contribution in [0.2, 0.25) is 5.02 Å². The van der Waals surface area contributed by atoms with Gasteiger partial charge in [0.1, 0.15) is 5.82 Å². The van der Waals surface area contributed by atoms with Crippen LogP contribution in [0.5, 0.6) is 0 Å². The molecule has 0 heterocycles. The van der Waals surface area contributed by atoms with Crippen LogP contribution in [-0.4, -0.2) is 38.5 Å². The molecule has 12 heteroatoms. The van der Waals surface area contributed by atoms with Crippen molar-refractivity contribution < 1.29 is 22.8 Å². The molecule has 0 atom stereocenters. The highest BCUT2D eigenvalue weighted by molar-refractivity contribution is 7.87. The summed E-state index contributed by atoms with van der Waals surface area (Å²) in [5.74, 6) is -1.83. The SMILES string of the molecule is NS(=O)(=O)NCCCNC(=O)C(=Nc1ccc(F)c(Cl)c1)NO. The molecule has 0 aliphatic rings. The number of halogens is 2. The van der Waals surface area contributed by atoms with Gasteiger partial charge in [-0.3, -0.25) is 10.0 Å². The van der Waals surface area contributed by atoms with E-state index >= 15 is 0 Å². The van der Waals surface area contributed by atoms with Crippen molar-refractivity contribution in [2.24, 2.45) is 10.1 Å². The Morgan fingerprint density at radius 1 is 1.39 bits per heavy atom. The van der Waals surface area contributed by atoms with E-state index in [4.69, 9.17) is 21.9 Å². The lowest BCUT2D eigenvalue weighted by Gasteiger charge is -2.07. The first kappa shape index (κ1) is 19.3. The fourth-order valence-electron chi connectivity index (χ4n) is 1.40. The predicted molar refractivity (Wildman–Crippen MR) is 82.2 cm³/mol. The Hall–Kier alpha value is -1.79. The number of aliphatic imine (C=N–C) groups is 1. The van der Waals surface area contributed by atoms with E-state index in [2.05, 4.69) is 10.3 Å². The number of hydroxylamine groups is 1. The minimum atomic E-state index is -3.78. The van der Waals surface area contributed by atoms with Gasteiger partial charge in [0.25, 0.3) is 16.1 Å². The Bertz CT molecular complexity index is 698. The number of carbonyl (C=O) groups excluding carboxylic acids is 1. The number of amidine groups is 1. The van der Waals surface area contributed by atoms with Crippen LogP contribution >= 0.6 is 11.6 Å². The van der Waals surface area contributed by atoms with Gasteiger partial charge in [0.05, 0.1) is 10.7 Å². The Kier molecular flexibility index (Phi) is 7.32. The first-order chi connectivity index (χ1) is 10.7. The van der Waals surface area contributed by atoms with Gasteiger partial charge in [-0.2, -0.15) is 8.42 Å². The van der Waals surface area contributed by atoms with E-state index in [0.29, 0.717) is 0 Å². The van der Waals surface area contributed by atoms with Gasteiger partial charge < -0.3 is 5.32 Å². The van der Waals surface area contributed by atoms with Crippen molar-refractivity contribution in [3.63, 3.8) is 0 Å². The Morgan fingerprint density at radius 3 is 2.65 bits per heavy atom. The second-order valence-electron chi connectivity index (χ2n) is 4.22. The van der Waals surface area contributed by atoms with Crippen molar-refractivity contribution >= 4 is 39.2 Å². The van der Waals surface area contributed by atoms with Crippen molar-refractivity contribution in [2.45, 2.75) is 6.42 Å². The molecule has 1 aromatic rings. The summed E-state index contributed by atoms with van der Waals surface area (Å²) < 4.78 is 36.3. The number of hydrogen-bond acceptors (Lipinski definition) is 5. The van der Waals surface area contributed by atoms with Gasteiger partial charge in [-0.15, -0.1) is 0 Å². The molecule has 1 aromatic carbocycles. The van der Waals surface area contributed by atoms with Gasteiger partial charge in [0.15, 0.2) is 0 Å². The topological polar surface area (TPSA) is 146 Å². The minimum absolute atomic E-state index is 0.0334. The molecule has 0 fully saturated rings. The number of carbonyl (C=O) groups is 1. The van der Waals surface area contributed by atoms with Crippen LogP contribution in [0.4, 0.5) is 10.1 Å². The van der Waals surface area contributed by atoms with Gasteiger partial charge >= 0.3 is 0 Å². The third-order valence-electron chi connectivity index (χ3n) is 2.41. The molecule has 0 saturated heterocycles. The Balaban J connectivity index is 2.57. The second-order valence-corrected chi connectivity index (χ2v) is 6.01. The van der Waals surface area contributed by atoms with Crippen molar-refractivity contribution in [2.75, 3.05) is 13.1 Å². The van der Waals surface area contributed by atoms with Gasteiger partial charge in [-0.25, -0.2) is 24.7 Å². The second kappa shape index (κ2) is 8.74. The molecular formula is C11H15ClFN5O4S. The smallest absolute Gasteiger partial charge is 0.288 e. The zero-order valence-electron chi connectivity index (χ0n) is 11.7. The highest BCUT2D eigenvalue weighted by Gasteiger charge is 2.11. The zero-order chi connectivity index (χ0) is 17.5. The molecule has 23 heavy (non-hydrogen) atoms. The lowest BCUT2D eigenvalue weighted by molar-refractivity contribution is -0.115. The quantitative estimate of drug-likeness (QED) is 0.204. The maximum Gasteiger partial charge on any atom is 0.288 e. The molecule has 0 radical (unpaired) electrons. The number of nitrogens with one attached hydrogen (secondary N) is 3. The largest absolute Gasteiger partial charge is 0.349 e. The number of benzene rings is 1. The average Bonchev–Trinajstić information content (AvgIpc) is 2.46. The molecular weight excluding hydrogens is 353 g/mol. The van der Waals surface area contributed by atoms with Crippen LogP contribution in [0, 0.1) is 5.82 Å². The van der Waals surface area contributed by atoms with E-state index in [1.165, 1.54) is 12.1 Å². The summed E-state index contributed by atoms with van der Waals surface area (Å²) >= 11 is 5.58. The van der Waals surface area contributed by atoms with E-state index in [1.807, 2.05) is 4.72 Å². The van der Waals surface area contributed by atoms with E-state index in [-0.39, 0.29) is 30.2 Å². The third-order valence-corrected chi connectivity index (χ3v) is 3.30. The Morgan fingerprint density at radius 2 is 2.09 bits per heavy atom. The number of hydrogen-bond donors (Lipinski definition) is 5. The molecule has 1 rings (SSSR count). The van der Waals surface area contributed by atoms with Gasteiger partial charge in [-0.1, -0.05) is 11.6 Å². The van der Waals surface area contributed by atoms with Gasteiger partial charge in [-0.05, 0) is 24.6 Å².